The number of thiophene rings is 1. The summed E-state index contributed by atoms with van der Waals surface area (Å²) in [6.45, 7) is 7.04. The number of hydrogen-bond donors (Lipinski definition) is 3. The minimum Gasteiger partial charge on any atom is -0.367 e. The third-order valence-electron chi connectivity index (χ3n) is 4.00. The molecule has 0 aliphatic carbocycles. The van der Waals surface area contributed by atoms with E-state index in [9.17, 15) is 4.79 Å². The molecule has 2 amide bonds. The van der Waals surface area contributed by atoms with E-state index < -0.39 is 0 Å². The summed E-state index contributed by atoms with van der Waals surface area (Å²) in [5, 5.41) is 24.2. The molecule has 0 aliphatic rings. The second-order valence-corrected chi connectivity index (χ2v) is 6.72. The summed E-state index contributed by atoms with van der Waals surface area (Å²) in [6, 6.07) is 7.22. The summed E-state index contributed by atoms with van der Waals surface area (Å²) >= 11 is 1.48. The minimum atomic E-state index is -0.226. The fourth-order valence-electron chi connectivity index (χ4n) is 2.35. The van der Waals surface area contributed by atoms with E-state index in [1.165, 1.54) is 11.3 Å². The van der Waals surface area contributed by atoms with Gasteiger partial charge in [-0.15, -0.1) is 21.5 Å². The molecule has 0 saturated heterocycles. The first-order chi connectivity index (χ1) is 12.5. The zero-order valence-corrected chi connectivity index (χ0v) is 15.7. The highest BCUT2D eigenvalue weighted by molar-refractivity contribution is 7.14. The number of aryl methyl sites for hydroxylation is 1. The Bertz CT molecular complexity index is 871. The van der Waals surface area contributed by atoms with Crippen LogP contribution in [0.15, 0.2) is 29.6 Å². The summed E-state index contributed by atoms with van der Waals surface area (Å²) in [7, 11) is 0. The standard InChI is InChI=1S/C17H21N7OS/c1-11-12(2)23-24(13(11)3)15-7-6-14(21-22-15)18-8-9-19-17(25)20-16-5-4-10-26-16/h4-7,10H,8-9H2,1-3H3,(H,18,21)(H2,19,20,25). The van der Waals surface area contributed by atoms with Gasteiger partial charge in [0, 0.05) is 18.8 Å². The lowest BCUT2D eigenvalue weighted by Crippen LogP contribution is -2.32. The molecule has 3 N–H and O–H groups in total. The van der Waals surface area contributed by atoms with Crippen LogP contribution in [0.1, 0.15) is 17.0 Å². The fourth-order valence-corrected chi connectivity index (χ4v) is 2.96. The van der Waals surface area contributed by atoms with Gasteiger partial charge in [-0.1, -0.05) is 0 Å². The molecule has 3 aromatic heterocycles. The molecule has 0 fully saturated rings. The second kappa shape index (κ2) is 7.96. The lowest BCUT2D eigenvalue weighted by Gasteiger charge is -2.08. The van der Waals surface area contributed by atoms with Gasteiger partial charge in [-0.05, 0) is 56.0 Å². The lowest BCUT2D eigenvalue weighted by atomic mass is 10.2. The number of carbonyl (C=O) groups is 1. The molecule has 3 rings (SSSR count). The molecule has 26 heavy (non-hydrogen) atoms. The summed E-state index contributed by atoms with van der Waals surface area (Å²) in [5.74, 6) is 1.32. The maximum atomic E-state index is 11.7. The van der Waals surface area contributed by atoms with Crippen molar-refractivity contribution in [3.8, 4) is 5.82 Å². The van der Waals surface area contributed by atoms with Gasteiger partial charge < -0.3 is 10.6 Å². The van der Waals surface area contributed by atoms with E-state index >= 15 is 0 Å². The number of carbonyl (C=O) groups excluding carboxylic acids is 1. The Morgan fingerprint density at radius 2 is 2.00 bits per heavy atom. The maximum absolute atomic E-state index is 11.7. The normalized spacial score (nSPS) is 10.6. The quantitative estimate of drug-likeness (QED) is 0.579. The van der Waals surface area contributed by atoms with Gasteiger partial charge in [0.15, 0.2) is 5.82 Å². The van der Waals surface area contributed by atoms with E-state index in [-0.39, 0.29) is 6.03 Å². The van der Waals surface area contributed by atoms with Gasteiger partial charge in [0.1, 0.15) is 5.82 Å². The van der Waals surface area contributed by atoms with E-state index in [2.05, 4.69) is 31.2 Å². The van der Waals surface area contributed by atoms with E-state index in [1.54, 1.807) is 4.68 Å². The van der Waals surface area contributed by atoms with Crippen molar-refractivity contribution in [3.05, 3.63) is 46.6 Å². The summed E-state index contributed by atoms with van der Waals surface area (Å²) < 4.78 is 1.79. The van der Waals surface area contributed by atoms with Gasteiger partial charge >= 0.3 is 6.03 Å². The van der Waals surface area contributed by atoms with E-state index in [0.717, 1.165) is 22.0 Å². The molecular weight excluding hydrogens is 350 g/mol. The first-order valence-corrected chi connectivity index (χ1v) is 9.11. The highest BCUT2D eigenvalue weighted by atomic mass is 32.1. The number of nitrogens with one attached hydrogen (secondary N) is 3. The third-order valence-corrected chi connectivity index (χ3v) is 4.78. The van der Waals surface area contributed by atoms with Crippen LogP contribution in [0.3, 0.4) is 0 Å². The topological polar surface area (TPSA) is 96.8 Å². The maximum Gasteiger partial charge on any atom is 0.319 e. The summed E-state index contributed by atoms with van der Waals surface area (Å²) in [6.07, 6.45) is 0. The van der Waals surface area contributed by atoms with Crippen LogP contribution < -0.4 is 16.0 Å². The monoisotopic (exact) mass is 371 g/mol. The van der Waals surface area contributed by atoms with E-state index in [0.29, 0.717) is 24.7 Å². The zero-order valence-electron chi connectivity index (χ0n) is 14.9. The predicted octanol–water partition coefficient (Wildman–Crippen LogP) is 2.88. The van der Waals surface area contributed by atoms with Crippen LogP contribution in [0, 0.1) is 20.8 Å². The average molecular weight is 371 g/mol. The molecule has 3 heterocycles. The molecule has 0 aromatic carbocycles. The molecule has 8 nitrogen and oxygen atoms in total. The van der Waals surface area contributed by atoms with Crippen LogP contribution in [0.4, 0.5) is 15.6 Å². The van der Waals surface area contributed by atoms with Gasteiger partial charge in [0.2, 0.25) is 0 Å². The van der Waals surface area contributed by atoms with Gasteiger partial charge in [-0.25, -0.2) is 9.48 Å². The van der Waals surface area contributed by atoms with Crippen LogP contribution in [0.2, 0.25) is 0 Å². The number of rotatable bonds is 6. The molecule has 0 saturated carbocycles. The number of hydrogen-bond acceptors (Lipinski definition) is 6. The Morgan fingerprint density at radius 3 is 2.62 bits per heavy atom. The number of amides is 2. The van der Waals surface area contributed by atoms with Crippen molar-refractivity contribution in [1.82, 2.24) is 25.3 Å². The van der Waals surface area contributed by atoms with E-state index in [4.69, 9.17) is 0 Å². The molecule has 3 aromatic rings. The Hall–Kier alpha value is -2.94. The SMILES string of the molecule is Cc1nn(-c2ccc(NCCNC(=O)Nc3cccs3)nn2)c(C)c1C. The van der Waals surface area contributed by atoms with Gasteiger partial charge in [-0.3, -0.25) is 5.32 Å². The summed E-state index contributed by atoms with van der Waals surface area (Å²) in [5.41, 5.74) is 3.19. The second-order valence-electron chi connectivity index (χ2n) is 5.77. The largest absolute Gasteiger partial charge is 0.367 e. The number of urea groups is 1. The summed E-state index contributed by atoms with van der Waals surface area (Å²) in [4.78, 5) is 11.7. The first-order valence-electron chi connectivity index (χ1n) is 8.24. The smallest absolute Gasteiger partial charge is 0.319 e. The Morgan fingerprint density at radius 1 is 1.15 bits per heavy atom. The molecule has 0 aliphatic heterocycles. The molecule has 0 unspecified atom stereocenters. The number of anilines is 2. The highest BCUT2D eigenvalue weighted by Gasteiger charge is 2.10. The molecule has 0 spiro atoms. The Kier molecular flexibility index (Phi) is 5.47. The van der Waals surface area contributed by atoms with Crippen LogP contribution >= 0.6 is 11.3 Å². The third kappa shape index (κ3) is 4.17. The van der Waals surface area contributed by atoms with Crippen molar-refractivity contribution in [2.24, 2.45) is 0 Å². The van der Waals surface area contributed by atoms with Crippen molar-refractivity contribution >= 4 is 28.2 Å². The first kappa shape index (κ1) is 17.9. The zero-order chi connectivity index (χ0) is 18.5. The van der Waals surface area contributed by atoms with Crippen LogP contribution in [0.5, 0.6) is 0 Å². The number of nitrogens with zero attached hydrogens (tertiary/aromatic N) is 4. The van der Waals surface area contributed by atoms with Gasteiger partial charge in [-0.2, -0.15) is 5.10 Å². The highest BCUT2D eigenvalue weighted by Crippen LogP contribution is 2.16. The molecule has 9 heteroatoms. The van der Waals surface area contributed by atoms with Gasteiger partial charge in [0.25, 0.3) is 0 Å². The molecule has 0 radical (unpaired) electrons. The van der Waals surface area contributed by atoms with Crippen LogP contribution in [-0.2, 0) is 0 Å². The van der Waals surface area contributed by atoms with Crippen molar-refractivity contribution in [1.29, 1.82) is 0 Å². The Balaban J connectivity index is 1.47. The van der Waals surface area contributed by atoms with Crippen molar-refractivity contribution in [2.75, 3.05) is 23.7 Å². The van der Waals surface area contributed by atoms with Crippen LogP contribution in [-0.4, -0.2) is 39.1 Å². The van der Waals surface area contributed by atoms with Crippen molar-refractivity contribution < 1.29 is 4.79 Å². The molecule has 0 atom stereocenters. The van der Waals surface area contributed by atoms with Crippen molar-refractivity contribution in [2.45, 2.75) is 20.8 Å². The minimum absolute atomic E-state index is 0.226. The van der Waals surface area contributed by atoms with Crippen LogP contribution in [0.25, 0.3) is 5.82 Å². The average Bonchev–Trinajstić information content (AvgIpc) is 3.23. The lowest BCUT2D eigenvalue weighted by molar-refractivity contribution is 0.252. The fraction of sp³-hybridized carbons (Fsp3) is 0.294. The van der Waals surface area contributed by atoms with Gasteiger partial charge in [0.05, 0.1) is 10.7 Å². The molecular formula is C17H21N7OS. The van der Waals surface area contributed by atoms with Crippen molar-refractivity contribution in [3.63, 3.8) is 0 Å². The number of aromatic nitrogens is 4. The Labute approximate surface area is 155 Å². The molecule has 136 valence electrons. The predicted molar refractivity (Wildman–Crippen MR) is 103 cm³/mol. The van der Waals surface area contributed by atoms with E-state index in [1.807, 2.05) is 50.4 Å². The molecule has 0 bridgehead atoms.